The maximum Gasteiger partial charge on any atom is 0.264 e. The molecule has 1 rings (SSSR count). The largest absolute Gasteiger partial charge is 0.350 e. The first kappa shape index (κ1) is 18.4. The van der Waals surface area contributed by atoms with Crippen LogP contribution in [0.15, 0.2) is 23.3 Å². The van der Waals surface area contributed by atoms with E-state index in [1.54, 1.807) is 0 Å². The SMILES string of the molecule is C/C(=C\COS(C)(=O)=O)CC/C=C(\C)CCC1OCCO1. The third-order valence-electron chi connectivity index (χ3n) is 3.21. The highest BCUT2D eigenvalue weighted by Gasteiger charge is 2.14. The normalized spacial score (nSPS) is 18.4. The van der Waals surface area contributed by atoms with E-state index < -0.39 is 10.1 Å². The molecule has 5 nitrogen and oxygen atoms in total. The first-order chi connectivity index (χ1) is 9.87. The van der Waals surface area contributed by atoms with Gasteiger partial charge in [0.05, 0.1) is 26.1 Å². The lowest BCUT2D eigenvalue weighted by molar-refractivity contribution is -0.0461. The first-order valence-corrected chi connectivity index (χ1v) is 9.07. The molecule has 0 bridgehead atoms. The summed E-state index contributed by atoms with van der Waals surface area (Å²) in [5.74, 6) is 0. The minimum atomic E-state index is -3.35. The van der Waals surface area contributed by atoms with Gasteiger partial charge in [-0.2, -0.15) is 8.42 Å². The Morgan fingerprint density at radius 1 is 1.14 bits per heavy atom. The lowest BCUT2D eigenvalue weighted by Crippen LogP contribution is -2.06. The molecule has 0 aromatic heterocycles. The molecule has 0 unspecified atom stereocenters. The van der Waals surface area contributed by atoms with E-state index in [2.05, 4.69) is 17.2 Å². The molecule has 122 valence electrons. The molecule has 0 aromatic rings. The second-order valence-corrected chi connectivity index (χ2v) is 6.98. The Hall–Kier alpha value is -0.690. The topological polar surface area (TPSA) is 61.8 Å². The quantitative estimate of drug-likeness (QED) is 0.483. The third-order valence-corrected chi connectivity index (χ3v) is 3.77. The third kappa shape index (κ3) is 9.79. The van der Waals surface area contributed by atoms with Crippen molar-refractivity contribution in [1.29, 1.82) is 0 Å². The maximum atomic E-state index is 10.8. The van der Waals surface area contributed by atoms with Crippen molar-refractivity contribution in [1.82, 2.24) is 0 Å². The Bertz CT molecular complexity index is 458. The highest BCUT2D eigenvalue weighted by atomic mass is 32.2. The molecule has 0 N–H and O–H groups in total. The van der Waals surface area contributed by atoms with Gasteiger partial charge in [0.2, 0.25) is 0 Å². The van der Waals surface area contributed by atoms with E-state index in [0.29, 0.717) is 13.2 Å². The van der Waals surface area contributed by atoms with Gasteiger partial charge in [-0.1, -0.05) is 23.3 Å². The van der Waals surface area contributed by atoms with Crippen molar-refractivity contribution in [3.63, 3.8) is 0 Å². The van der Waals surface area contributed by atoms with Crippen molar-refractivity contribution in [2.75, 3.05) is 26.1 Å². The van der Waals surface area contributed by atoms with Gasteiger partial charge < -0.3 is 9.47 Å². The molecular formula is C15H26O5S. The van der Waals surface area contributed by atoms with E-state index in [0.717, 1.165) is 37.5 Å². The Labute approximate surface area is 128 Å². The molecule has 0 saturated carbocycles. The number of allylic oxidation sites excluding steroid dienone is 3. The lowest BCUT2D eigenvalue weighted by atomic mass is 10.1. The van der Waals surface area contributed by atoms with E-state index in [1.807, 2.05) is 13.0 Å². The van der Waals surface area contributed by atoms with Crippen molar-refractivity contribution in [2.45, 2.75) is 45.8 Å². The van der Waals surface area contributed by atoms with Crippen LogP contribution < -0.4 is 0 Å². The molecule has 1 fully saturated rings. The fourth-order valence-corrected chi connectivity index (χ4v) is 2.28. The van der Waals surface area contributed by atoms with Crippen LogP contribution in [0.1, 0.15) is 39.5 Å². The van der Waals surface area contributed by atoms with Crippen LogP contribution >= 0.6 is 0 Å². The average molecular weight is 318 g/mol. The van der Waals surface area contributed by atoms with Crippen LogP contribution in [-0.4, -0.2) is 40.8 Å². The highest BCUT2D eigenvalue weighted by molar-refractivity contribution is 7.85. The van der Waals surface area contributed by atoms with E-state index in [-0.39, 0.29) is 12.9 Å². The Kier molecular flexibility index (Phi) is 8.18. The molecule has 1 saturated heterocycles. The van der Waals surface area contributed by atoms with Gasteiger partial charge in [0.1, 0.15) is 0 Å². The minimum absolute atomic E-state index is 0.0388. The average Bonchev–Trinajstić information content (AvgIpc) is 2.88. The van der Waals surface area contributed by atoms with Gasteiger partial charge in [-0.15, -0.1) is 0 Å². The highest BCUT2D eigenvalue weighted by Crippen LogP contribution is 2.15. The Morgan fingerprint density at radius 2 is 1.76 bits per heavy atom. The molecule has 0 amide bonds. The second-order valence-electron chi connectivity index (χ2n) is 5.34. The fourth-order valence-electron chi connectivity index (χ4n) is 1.97. The van der Waals surface area contributed by atoms with Crippen LogP contribution in [0.25, 0.3) is 0 Å². The summed E-state index contributed by atoms with van der Waals surface area (Å²) < 4.78 is 37.1. The van der Waals surface area contributed by atoms with Crippen molar-refractivity contribution in [2.24, 2.45) is 0 Å². The van der Waals surface area contributed by atoms with Crippen molar-refractivity contribution >= 4 is 10.1 Å². The number of hydrogen-bond donors (Lipinski definition) is 0. The summed E-state index contributed by atoms with van der Waals surface area (Å²) >= 11 is 0. The molecule has 0 aliphatic carbocycles. The standard InChI is InChI=1S/C15H26O5S/c1-13(7-8-15-18-11-12-19-15)5-4-6-14(2)9-10-20-21(3,16)17/h5,9,15H,4,6-8,10-12H2,1-3H3/b13-5+,14-9+. The predicted octanol–water partition coefficient (Wildman–Crippen LogP) is 2.79. The van der Waals surface area contributed by atoms with Crippen LogP contribution in [0.5, 0.6) is 0 Å². The first-order valence-electron chi connectivity index (χ1n) is 7.25. The zero-order valence-corrected chi connectivity index (χ0v) is 13.9. The van der Waals surface area contributed by atoms with Crippen LogP contribution in [0, 0.1) is 0 Å². The molecule has 0 radical (unpaired) electrons. The second kappa shape index (κ2) is 9.35. The van der Waals surface area contributed by atoms with Crippen molar-refractivity contribution in [3.8, 4) is 0 Å². The molecule has 0 spiro atoms. The number of hydrogen-bond acceptors (Lipinski definition) is 5. The summed E-state index contributed by atoms with van der Waals surface area (Å²) in [4.78, 5) is 0. The lowest BCUT2D eigenvalue weighted by Gasteiger charge is -2.08. The monoisotopic (exact) mass is 318 g/mol. The van der Waals surface area contributed by atoms with Gasteiger partial charge in [-0.05, 0) is 33.1 Å². The summed E-state index contributed by atoms with van der Waals surface area (Å²) in [6, 6.07) is 0. The van der Waals surface area contributed by atoms with E-state index in [1.165, 1.54) is 5.57 Å². The van der Waals surface area contributed by atoms with Gasteiger partial charge in [0.25, 0.3) is 10.1 Å². The van der Waals surface area contributed by atoms with Gasteiger partial charge in [-0.25, -0.2) is 0 Å². The van der Waals surface area contributed by atoms with Crippen LogP contribution in [0.4, 0.5) is 0 Å². The molecular weight excluding hydrogens is 292 g/mol. The Morgan fingerprint density at radius 3 is 2.38 bits per heavy atom. The fraction of sp³-hybridized carbons (Fsp3) is 0.733. The minimum Gasteiger partial charge on any atom is -0.350 e. The zero-order valence-electron chi connectivity index (χ0n) is 13.1. The summed E-state index contributed by atoms with van der Waals surface area (Å²) in [6.45, 7) is 5.61. The molecule has 1 aliphatic rings. The molecule has 0 atom stereocenters. The van der Waals surface area contributed by atoms with E-state index in [9.17, 15) is 8.42 Å². The summed E-state index contributed by atoms with van der Waals surface area (Å²) in [5, 5.41) is 0. The molecule has 0 aromatic carbocycles. The molecule has 6 heteroatoms. The molecule has 21 heavy (non-hydrogen) atoms. The van der Waals surface area contributed by atoms with Crippen LogP contribution in [0.2, 0.25) is 0 Å². The van der Waals surface area contributed by atoms with Crippen molar-refractivity contribution in [3.05, 3.63) is 23.3 Å². The number of ether oxygens (including phenoxy) is 2. The number of rotatable bonds is 9. The van der Waals surface area contributed by atoms with Gasteiger partial charge in [0.15, 0.2) is 6.29 Å². The zero-order chi connectivity index (χ0) is 15.7. The molecule has 1 heterocycles. The van der Waals surface area contributed by atoms with Crippen LogP contribution in [0.3, 0.4) is 0 Å². The van der Waals surface area contributed by atoms with E-state index >= 15 is 0 Å². The van der Waals surface area contributed by atoms with Gasteiger partial charge in [-0.3, -0.25) is 4.18 Å². The Balaban J connectivity index is 2.17. The van der Waals surface area contributed by atoms with E-state index in [4.69, 9.17) is 9.47 Å². The smallest absolute Gasteiger partial charge is 0.264 e. The maximum absolute atomic E-state index is 10.8. The predicted molar refractivity (Wildman–Crippen MR) is 82.5 cm³/mol. The summed E-state index contributed by atoms with van der Waals surface area (Å²) in [6.07, 6.45) is 8.77. The summed E-state index contributed by atoms with van der Waals surface area (Å²) in [5.41, 5.74) is 2.46. The van der Waals surface area contributed by atoms with Gasteiger partial charge in [0, 0.05) is 6.42 Å². The van der Waals surface area contributed by atoms with Crippen molar-refractivity contribution < 1.29 is 22.1 Å². The van der Waals surface area contributed by atoms with Gasteiger partial charge >= 0.3 is 0 Å². The van der Waals surface area contributed by atoms with Crippen LogP contribution in [-0.2, 0) is 23.8 Å². The molecule has 1 aliphatic heterocycles. The summed E-state index contributed by atoms with van der Waals surface area (Å²) in [7, 11) is -3.35.